The first-order valence-corrected chi connectivity index (χ1v) is 9.21. The monoisotopic (exact) mass is 418 g/mol. The lowest BCUT2D eigenvalue weighted by Gasteiger charge is -2.32. The summed E-state index contributed by atoms with van der Waals surface area (Å²) in [5.74, 6) is 0.111. The molecule has 4 rings (SSSR count). The van der Waals surface area contributed by atoms with Crippen LogP contribution >= 0.6 is 36.2 Å². The molecule has 0 bridgehead atoms. The van der Waals surface area contributed by atoms with Crippen LogP contribution in [0.3, 0.4) is 0 Å². The quantitative estimate of drug-likeness (QED) is 0.817. The second-order valence-electron chi connectivity index (χ2n) is 6.41. The number of halogens is 2. The van der Waals surface area contributed by atoms with E-state index < -0.39 is 0 Å². The number of nitrogens with one attached hydrogen (secondary N) is 1. The first kappa shape index (κ1) is 21.1. The van der Waals surface area contributed by atoms with E-state index in [1.165, 1.54) is 11.3 Å². The highest BCUT2D eigenvalue weighted by molar-refractivity contribution is 7.16. The van der Waals surface area contributed by atoms with Gasteiger partial charge < -0.3 is 10.2 Å². The Labute approximate surface area is 169 Å². The van der Waals surface area contributed by atoms with Gasteiger partial charge in [0.2, 0.25) is 0 Å². The minimum absolute atomic E-state index is 0. The fourth-order valence-corrected chi connectivity index (χ4v) is 4.32. The molecule has 0 aliphatic carbocycles. The van der Waals surface area contributed by atoms with Crippen molar-refractivity contribution in [3.63, 3.8) is 0 Å². The maximum absolute atomic E-state index is 12.8. The molecule has 0 radical (unpaired) electrons. The third-order valence-electron chi connectivity index (χ3n) is 4.79. The van der Waals surface area contributed by atoms with Crippen LogP contribution in [-0.2, 0) is 7.05 Å². The van der Waals surface area contributed by atoms with Crippen molar-refractivity contribution >= 4 is 42.1 Å². The number of likely N-dealkylation sites (tertiary alicyclic amines) is 1. The molecule has 0 aromatic carbocycles. The molecule has 26 heavy (non-hydrogen) atoms. The number of aryl methyl sites for hydroxylation is 1. The van der Waals surface area contributed by atoms with Crippen LogP contribution in [0.25, 0.3) is 10.6 Å². The predicted octanol–water partition coefficient (Wildman–Crippen LogP) is 1.51. The summed E-state index contributed by atoms with van der Waals surface area (Å²) in [6, 6.07) is 0.502. The van der Waals surface area contributed by atoms with Crippen LogP contribution in [0, 0.1) is 0 Å². The van der Waals surface area contributed by atoms with Gasteiger partial charge in [0.05, 0.1) is 12.4 Å². The van der Waals surface area contributed by atoms with Gasteiger partial charge in [-0.2, -0.15) is 5.10 Å². The second-order valence-corrected chi connectivity index (χ2v) is 7.44. The number of aromatic nitrogens is 3. The van der Waals surface area contributed by atoms with Crippen molar-refractivity contribution in [2.24, 2.45) is 7.05 Å². The van der Waals surface area contributed by atoms with Gasteiger partial charge in [-0.15, -0.1) is 36.2 Å². The molecule has 4 heterocycles. The van der Waals surface area contributed by atoms with Crippen LogP contribution in [0.2, 0.25) is 0 Å². The normalized spacial score (nSPS) is 20.5. The number of thiazole rings is 1. The van der Waals surface area contributed by atoms with Crippen LogP contribution in [0.5, 0.6) is 0 Å². The van der Waals surface area contributed by atoms with Gasteiger partial charge in [0.1, 0.15) is 9.88 Å². The molecule has 2 aromatic rings. The molecule has 7 nitrogen and oxygen atoms in total. The standard InChI is InChI=1S/C16H22N6OS.2ClH/c1-20-10-12(8-19-20)15-18-9-14(24-15)16(23)22-5-2-13(11-22)21-6-3-17-4-7-21;;/h8-10,13,17H,2-7,11H2,1H3;2*1H. The summed E-state index contributed by atoms with van der Waals surface area (Å²) >= 11 is 1.45. The van der Waals surface area contributed by atoms with Gasteiger partial charge in [0, 0.05) is 64.1 Å². The first-order chi connectivity index (χ1) is 11.7. The number of hydrogen-bond acceptors (Lipinski definition) is 6. The SMILES string of the molecule is Cl.Cl.Cn1cc(-c2ncc(C(=O)N3CCC(N4CCNCC4)C3)s2)cn1. The Kier molecular flexibility index (Phi) is 7.42. The van der Waals surface area contributed by atoms with Crippen LogP contribution < -0.4 is 5.32 Å². The molecule has 2 aliphatic heterocycles. The number of hydrogen-bond donors (Lipinski definition) is 1. The Morgan fingerprint density at radius 1 is 1.23 bits per heavy atom. The zero-order valence-corrected chi connectivity index (χ0v) is 17.1. The van der Waals surface area contributed by atoms with Gasteiger partial charge in [-0.1, -0.05) is 0 Å². The number of piperazine rings is 1. The molecule has 144 valence electrons. The summed E-state index contributed by atoms with van der Waals surface area (Å²) in [5.41, 5.74) is 0.960. The first-order valence-electron chi connectivity index (χ1n) is 8.39. The molecule has 1 amide bonds. The number of carbonyl (C=O) groups excluding carboxylic acids is 1. The third kappa shape index (κ3) is 4.37. The van der Waals surface area contributed by atoms with E-state index in [2.05, 4.69) is 20.3 Å². The van der Waals surface area contributed by atoms with Crippen molar-refractivity contribution in [3.8, 4) is 10.6 Å². The van der Waals surface area contributed by atoms with Crippen molar-refractivity contribution in [2.45, 2.75) is 12.5 Å². The van der Waals surface area contributed by atoms with E-state index in [9.17, 15) is 4.79 Å². The predicted molar refractivity (Wildman–Crippen MR) is 108 cm³/mol. The van der Waals surface area contributed by atoms with Gasteiger partial charge in [-0.05, 0) is 6.42 Å². The summed E-state index contributed by atoms with van der Waals surface area (Å²) in [6.45, 7) is 5.94. The van der Waals surface area contributed by atoms with Gasteiger partial charge in [0.15, 0.2) is 0 Å². The molecule has 2 aliphatic rings. The molecule has 0 saturated carbocycles. The number of carbonyl (C=O) groups is 1. The maximum atomic E-state index is 12.8. The highest BCUT2D eigenvalue weighted by Crippen LogP contribution is 2.27. The van der Waals surface area contributed by atoms with Crippen LogP contribution in [0.15, 0.2) is 18.6 Å². The Bertz CT molecular complexity index is 730. The number of amides is 1. The average molecular weight is 419 g/mol. The smallest absolute Gasteiger partial charge is 0.265 e. The minimum atomic E-state index is 0. The lowest BCUT2D eigenvalue weighted by atomic mass is 10.2. The largest absolute Gasteiger partial charge is 0.336 e. The van der Waals surface area contributed by atoms with Crippen molar-refractivity contribution in [1.29, 1.82) is 0 Å². The topological polar surface area (TPSA) is 66.3 Å². The van der Waals surface area contributed by atoms with E-state index in [0.29, 0.717) is 6.04 Å². The number of rotatable bonds is 3. The Morgan fingerprint density at radius 3 is 2.69 bits per heavy atom. The third-order valence-corrected chi connectivity index (χ3v) is 5.82. The van der Waals surface area contributed by atoms with Gasteiger partial charge in [-0.3, -0.25) is 14.4 Å². The van der Waals surface area contributed by atoms with Crippen molar-refractivity contribution in [1.82, 2.24) is 29.9 Å². The Morgan fingerprint density at radius 2 is 2.00 bits per heavy atom. The van der Waals surface area contributed by atoms with E-state index >= 15 is 0 Å². The molecule has 2 saturated heterocycles. The Balaban J connectivity index is 0.00000121. The van der Waals surface area contributed by atoms with E-state index in [1.807, 2.05) is 18.1 Å². The van der Waals surface area contributed by atoms with Crippen molar-refractivity contribution in [2.75, 3.05) is 39.3 Å². The van der Waals surface area contributed by atoms with Crippen molar-refractivity contribution in [3.05, 3.63) is 23.5 Å². The average Bonchev–Trinajstić information content (AvgIpc) is 3.35. The van der Waals surface area contributed by atoms with Crippen LogP contribution in [0.4, 0.5) is 0 Å². The fraction of sp³-hybridized carbons (Fsp3) is 0.562. The lowest BCUT2D eigenvalue weighted by molar-refractivity contribution is 0.0778. The second kappa shape index (κ2) is 9.14. The van der Waals surface area contributed by atoms with Gasteiger partial charge in [0.25, 0.3) is 5.91 Å². The Hall–Kier alpha value is -1.19. The molecular weight excluding hydrogens is 395 g/mol. The van der Waals surface area contributed by atoms with E-state index in [-0.39, 0.29) is 30.7 Å². The highest BCUT2D eigenvalue weighted by Gasteiger charge is 2.32. The highest BCUT2D eigenvalue weighted by atomic mass is 35.5. The zero-order chi connectivity index (χ0) is 16.5. The van der Waals surface area contributed by atoms with E-state index in [0.717, 1.165) is 61.1 Å². The number of nitrogens with zero attached hydrogens (tertiary/aromatic N) is 5. The van der Waals surface area contributed by atoms with Crippen LogP contribution in [0.1, 0.15) is 16.1 Å². The molecule has 1 N–H and O–H groups in total. The maximum Gasteiger partial charge on any atom is 0.265 e. The molecule has 2 aromatic heterocycles. The lowest BCUT2D eigenvalue weighted by Crippen LogP contribution is -2.49. The van der Waals surface area contributed by atoms with Crippen LogP contribution in [-0.4, -0.2) is 75.8 Å². The fourth-order valence-electron chi connectivity index (χ4n) is 3.47. The summed E-state index contributed by atoms with van der Waals surface area (Å²) in [7, 11) is 1.88. The molecule has 1 unspecified atom stereocenters. The molecule has 1 atom stereocenters. The van der Waals surface area contributed by atoms with Gasteiger partial charge in [-0.25, -0.2) is 4.98 Å². The summed E-state index contributed by atoms with van der Waals surface area (Å²) in [6.07, 6.45) is 6.47. The molecule has 10 heteroatoms. The summed E-state index contributed by atoms with van der Waals surface area (Å²) in [4.78, 5) is 22.4. The summed E-state index contributed by atoms with van der Waals surface area (Å²) in [5, 5.41) is 8.40. The molecular formula is C16H24Cl2N6OS. The van der Waals surface area contributed by atoms with Crippen molar-refractivity contribution < 1.29 is 4.79 Å². The van der Waals surface area contributed by atoms with Gasteiger partial charge >= 0.3 is 0 Å². The minimum Gasteiger partial charge on any atom is -0.336 e. The summed E-state index contributed by atoms with van der Waals surface area (Å²) < 4.78 is 1.75. The zero-order valence-electron chi connectivity index (χ0n) is 14.6. The van der Waals surface area contributed by atoms with E-state index in [1.54, 1.807) is 17.1 Å². The molecule has 2 fully saturated rings. The van der Waals surface area contributed by atoms with E-state index in [4.69, 9.17) is 0 Å². The molecule has 0 spiro atoms.